The van der Waals surface area contributed by atoms with Crippen molar-refractivity contribution in [3.63, 3.8) is 0 Å². The van der Waals surface area contributed by atoms with Gasteiger partial charge in [0.2, 0.25) is 0 Å². The maximum atomic E-state index is 13.6. The Morgan fingerprint density at radius 2 is 2.00 bits per heavy atom. The molecule has 1 saturated carbocycles. The molecule has 2 nitrogen and oxygen atoms in total. The molecule has 4 heteroatoms. The molecule has 2 N–H and O–H groups in total. The molecule has 0 radical (unpaired) electrons. The number of rotatable bonds is 6. The van der Waals surface area contributed by atoms with E-state index in [1.165, 1.54) is 25.0 Å². The molecule has 1 aliphatic rings. The van der Waals surface area contributed by atoms with E-state index < -0.39 is 11.6 Å². The van der Waals surface area contributed by atoms with Crippen molar-refractivity contribution in [2.45, 2.75) is 57.7 Å². The summed E-state index contributed by atoms with van der Waals surface area (Å²) in [5.74, 6) is -0.354. The van der Waals surface area contributed by atoms with E-state index in [0.29, 0.717) is 12.1 Å². The van der Waals surface area contributed by atoms with Crippen LogP contribution in [0, 0.1) is 17.6 Å². The van der Waals surface area contributed by atoms with Crippen LogP contribution in [0.4, 0.5) is 8.78 Å². The highest BCUT2D eigenvalue weighted by Gasteiger charge is 2.34. The van der Waals surface area contributed by atoms with Crippen LogP contribution in [-0.2, 0) is 11.3 Å². The standard InChI is InChI=1S/C17H25F2NO/c1-2-3-13-6-8-17(12-20,9-7-13)21-11-14-4-5-15(18)10-16(14)19/h4-5,10,13H,2-3,6-9,11-12,20H2,1H3. The first kappa shape index (κ1) is 16.4. The Hall–Kier alpha value is -1.00. The van der Waals surface area contributed by atoms with Gasteiger partial charge >= 0.3 is 0 Å². The zero-order valence-corrected chi connectivity index (χ0v) is 12.7. The molecule has 0 atom stereocenters. The third-order valence-corrected chi connectivity index (χ3v) is 4.63. The van der Waals surface area contributed by atoms with E-state index in [-0.39, 0.29) is 12.2 Å². The molecule has 2 rings (SSSR count). The van der Waals surface area contributed by atoms with Crippen molar-refractivity contribution in [1.29, 1.82) is 0 Å². The van der Waals surface area contributed by atoms with Gasteiger partial charge in [0.15, 0.2) is 0 Å². The maximum Gasteiger partial charge on any atom is 0.131 e. The number of halogens is 2. The number of nitrogens with two attached hydrogens (primary N) is 1. The van der Waals surface area contributed by atoms with Crippen LogP contribution in [0.3, 0.4) is 0 Å². The molecule has 1 aromatic rings. The van der Waals surface area contributed by atoms with Crippen LogP contribution in [0.1, 0.15) is 51.0 Å². The van der Waals surface area contributed by atoms with E-state index in [2.05, 4.69) is 6.92 Å². The highest BCUT2D eigenvalue weighted by molar-refractivity contribution is 5.17. The summed E-state index contributed by atoms with van der Waals surface area (Å²) in [5, 5.41) is 0. The van der Waals surface area contributed by atoms with E-state index >= 15 is 0 Å². The van der Waals surface area contributed by atoms with Crippen LogP contribution < -0.4 is 5.73 Å². The summed E-state index contributed by atoms with van der Waals surface area (Å²) in [7, 11) is 0. The van der Waals surface area contributed by atoms with Crippen molar-refractivity contribution in [3.8, 4) is 0 Å². The second-order valence-electron chi connectivity index (χ2n) is 6.14. The van der Waals surface area contributed by atoms with Gasteiger partial charge in [-0.1, -0.05) is 25.8 Å². The number of hydrogen-bond acceptors (Lipinski definition) is 2. The van der Waals surface area contributed by atoms with E-state index in [9.17, 15) is 8.78 Å². The predicted octanol–water partition coefficient (Wildman–Crippen LogP) is 4.17. The van der Waals surface area contributed by atoms with Gasteiger partial charge in [0.25, 0.3) is 0 Å². The molecular weight excluding hydrogens is 272 g/mol. The summed E-state index contributed by atoms with van der Waals surface area (Å²) in [6.45, 7) is 2.81. The molecule has 0 amide bonds. The lowest BCUT2D eigenvalue weighted by Crippen LogP contribution is -2.44. The van der Waals surface area contributed by atoms with Crippen molar-refractivity contribution in [2.75, 3.05) is 6.54 Å². The number of benzene rings is 1. The average Bonchev–Trinajstić information content (AvgIpc) is 2.48. The Bertz CT molecular complexity index is 456. The van der Waals surface area contributed by atoms with Crippen molar-refractivity contribution >= 4 is 0 Å². The van der Waals surface area contributed by atoms with Crippen molar-refractivity contribution in [3.05, 3.63) is 35.4 Å². The number of hydrogen-bond donors (Lipinski definition) is 1. The molecule has 0 heterocycles. The third kappa shape index (κ3) is 4.24. The smallest absolute Gasteiger partial charge is 0.131 e. The van der Waals surface area contributed by atoms with Gasteiger partial charge in [-0.3, -0.25) is 0 Å². The first-order valence-corrected chi connectivity index (χ1v) is 7.86. The molecule has 0 saturated heterocycles. The molecule has 21 heavy (non-hydrogen) atoms. The van der Waals surface area contributed by atoms with E-state index in [0.717, 1.165) is 37.7 Å². The van der Waals surface area contributed by atoms with Gasteiger partial charge in [0, 0.05) is 18.2 Å². The second-order valence-corrected chi connectivity index (χ2v) is 6.14. The Morgan fingerprint density at radius 3 is 2.57 bits per heavy atom. The van der Waals surface area contributed by atoms with Crippen LogP contribution in [-0.4, -0.2) is 12.1 Å². The molecule has 0 aliphatic heterocycles. The Labute approximate surface area is 125 Å². The van der Waals surface area contributed by atoms with Gasteiger partial charge in [0.1, 0.15) is 11.6 Å². The van der Waals surface area contributed by atoms with Crippen LogP contribution in [0.15, 0.2) is 18.2 Å². The van der Waals surface area contributed by atoms with Gasteiger partial charge in [-0.05, 0) is 37.7 Å². The first-order valence-electron chi connectivity index (χ1n) is 7.86. The lowest BCUT2D eigenvalue weighted by Gasteiger charge is -2.39. The minimum absolute atomic E-state index is 0.155. The number of ether oxygens (including phenoxy) is 1. The van der Waals surface area contributed by atoms with Crippen molar-refractivity contribution in [2.24, 2.45) is 11.7 Å². The topological polar surface area (TPSA) is 35.2 Å². The first-order chi connectivity index (χ1) is 10.1. The fourth-order valence-corrected chi connectivity index (χ4v) is 3.18. The average molecular weight is 297 g/mol. The van der Waals surface area contributed by atoms with Gasteiger partial charge in [0.05, 0.1) is 12.2 Å². The summed E-state index contributed by atoms with van der Waals surface area (Å²) in [6.07, 6.45) is 6.57. The monoisotopic (exact) mass is 297 g/mol. The lowest BCUT2D eigenvalue weighted by molar-refractivity contribution is -0.0823. The third-order valence-electron chi connectivity index (χ3n) is 4.63. The van der Waals surface area contributed by atoms with E-state index in [1.54, 1.807) is 0 Å². The molecule has 0 unspecified atom stereocenters. The molecule has 0 aromatic heterocycles. The fourth-order valence-electron chi connectivity index (χ4n) is 3.18. The lowest BCUT2D eigenvalue weighted by atomic mass is 9.77. The largest absolute Gasteiger partial charge is 0.369 e. The Kier molecular flexibility index (Phi) is 5.71. The van der Waals surface area contributed by atoms with Crippen LogP contribution >= 0.6 is 0 Å². The van der Waals surface area contributed by atoms with E-state index in [1.807, 2.05) is 0 Å². The van der Waals surface area contributed by atoms with E-state index in [4.69, 9.17) is 10.5 Å². The predicted molar refractivity (Wildman–Crippen MR) is 79.8 cm³/mol. The second kappa shape index (κ2) is 7.32. The summed E-state index contributed by atoms with van der Waals surface area (Å²) in [4.78, 5) is 0. The molecular formula is C17H25F2NO. The summed E-state index contributed by atoms with van der Waals surface area (Å²) >= 11 is 0. The summed E-state index contributed by atoms with van der Waals surface area (Å²) < 4.78 is 32.5. The van der Waals surface area contributed by atoms with Crippen LogP contribution in [0.2, 0.25) is 0 Å². The minimum atomic E-state index is -0.565. The summed E-state index contributed by atoms with van der Waals surface area (Å²) in [6, 6.07) is 3.60. The SMILES string of the molecule is CCCC1CCC(CN)(OCc2ccc(F)cc2F)CC1. The van der Waals surface area contributed by atoms with Crippen molar-refractivity contribution < 1.29 is 13.5 Å². The quantitative estimate of drug-likeness (QED) is 0.855. The highest BCUT2D eigenvalue weighted by atomic mass is 19.1. The Morgan fingerprint density at radius 1 is 1.29 bits per heavy atom. The fraction of sp³-hybridized carbons (Fsp3) is 0.647. The molecule has 0 bridgehead atoms. The van der Waals surface area contributed by atoms with Crippen LogP contribution in [0.25, 0.3) is 0 Å². The maximum absolute atomic E-state index is 13.6. The highest BCUT2D eigenvalue weighted by Crippen LogP contribution is 2.37. The molecule has 1 aromatic carbocycles. The van der Waals surface area contributed by atoms with Gasteiger partial charge in [-0.25, -0.2) is 8.78 Å². The van der Waals surface area contributed by atoms with Gasteiger partial charge in [-0.15, -0.1) is 0 Å². The van der Waals surface area contributed by atoms with Gasteiger partial charge in [-0.2, -0.15) is 0 Å². The van der Waals surface area contributed by atoms with Gasteiger partial charge < -0.3 is 10.5 Å². The molecule has 0 spiro atoms. The summed E-state index contributed by atoms with van der Waals surface area (Å²) in [5.41, 5.74) is 5.95. The molecule has 1 aliphatic carbocycles. The molecule has 118 valence electrons. The zero-order chi connectivity index (χ0) is 15.3. The Balaban J connectivity index is 1.93. The normalized spacial score (nSPS) is 26.0. The minimum Gasteiger partial charge on any atom is -0.369 e. The van der Waals surface area contributed by atoms with Crippen molar-refractivity contribution in [1.82, 2.24) is 0 Å². The zero-order valence-electron chi connectivity index (χ0n) is 12.7. The van der Waals surface area contributed by atoms with Crippen LogP contribution in [0.5, 0.6) is 0 Å². The molecule has 1 fully saturated rings.